The van der Waals surface area contributed by atoms with E-state index in [4.69, 9.17) is 4.74 Å². The Morgan fingerprint density at radius 3 is 2.41 bits per heavy atom. The zero-order valence-corrected chi connectivity index (χ0v) is 17.4. The zero-order valence-electron chi connectivity index (χ0n) is 17.4. The summed E-state index contributed by atoms with van der Waals surface area (Å²) in [6.07, 6.45) is 0.669. The number of rotatable bonds is 7. The molecule has 0 saturated carbocycles. The van der Waals surface area contributed by atoms with Crippen molar-refractivity contribution in [2.24, 2.45) is 0 Å². The van der Waals surface area contributed by atoms with E-state index in [1.165, 1.54) is 23.3 Å². The number of piperazine rings is 1. The van der Waals surface area contributed by atoms with E-state index in [1.54, 1.807) is 7.11 Å². The Kier molecular flexibility index (Phi) is 7.22. The molecule has 29 heavy (non-hydrogen) atoms. The van der Waals surface area contributed by atoms with Gasteiger partial charge in [0.25, 0.3) is 0 Å². The van der Waals surface area contributed by atoms with Crippen LogP contribution in [0, 0.1) is 25.5 Å². The molecule has 158 valence electrons. The lowest BCUT2D eigenvalue weighted by Crippen LogP contribution is -2.52. The fourth-order valence-corrected chi connectivity index (χ4v) is 4.16. The van der Waals surface area contributed by atoms with Crippen LogP contribution < -0.4 is 4.74 Å². The van der Waals surface area contributed by atoms with Gasteiger partial charge in [-0.3, -0.25) is 9.80 Å². The van der Waals surface area contributed by atoms with Gasteiger partial charge in [-0.15, -0.1) is 0 Å². The molecule has 1 saturated heterocycles. The Balaban J connectivity index is 1.70. The van der Waals surface area contributed by atoms with Crippen molar-refractivity contribution < 1.29 is 18.6 Å². The summed E-state index contributed by atoms with van der Waals surface area (Å²) in [7, 11) is 1.68. The molecule has 0 unspecified atom stereocenters. The maximum atomic E-state index is 13.5. The van der Waals surface area contributed by atoms with Crippen molar-refractivity contribution in [3.8, 4) is 5.75 Å². The average molecular weight is 405 g/mol. The average Bonchev–Trinajstić information content (AvgIpc) is 2.67. The molecule has 1 atom stereocenters. The molecule has 3 rings (SSSR count). The number of methoxy groups -OCH3 is 1. The van der Waals surface area contributed by atoms with Gasteiger partial charge in [0, 0.05) is 51.4 Å². The Morgan fingerprint density at radius 2 is 1.76 bits per heavy atom. The van der Waals surface area contributed by atoms with Crippen LogP contribution in [0.5, 0.6) is 5.75 Å². The van der Waals surface area contributed by atoms with E-state index < -0.39 is 11.6 Å². The largest absolute Gasteiger partial charge is 0.496 e. The highest BCUT2D eigenvalue weighted by atomic mass is 19.1. The van der Waals surface area contributed by atoms with Crippen LogP contribution in [0.25, 0.3) is 0 Å². The van der Waals surface area contributed by atoms with Crippen LogP contribution in [-0.4, -0.2) is 54.3 Å². The minimum absolute atomic E-state index is 0.115. The molecule has 2 aromatic rings. The Labute approximate surface area is 171 Å². The third-order valence-corrected chi connectivity index (χ3v) is 5.92. The van der Waals surface area contributed by atoms with Gasteiger partial charge in [-0.25, -0.2) is 8.78 Å². The second kappa shape index (κ2) is 9.65. The summed E-state index contributed by atoms with van der Waals surface area (Å²) in [5.74, 6) is -0.197. The summed E-state index contributed by atoms with van der Waals surface area (Å²) in [5, 5.41) is 9.56. The molecular formula is C23H30F2N2O2. The molecule has 1 fully saturated rings. The number of nitrogens with zero attached hydrogens (tertiary/aromatic N) is 2. The van der Waals surface area contributed by atoms with Gasteiger partial charge in [-0.2, -0.15) is 0 Å². The smallest absolute Gasteiger partial charge is 0.126 e. The third-order valence-electron chi connectivity index (χ3n) is 5.92. The molecule has 1 heterocycles. The second-order valence-corrected chi connectivity index (χ2v) is 7.83. The van der Waals surface area contributed by atoms with Crippen LogP contribution in [0.15, 0.2) is 30.3 Å². The van der Waals surface area contributed by atoms with E-state index in [1.807, 2.05) is 6.07 Å². The molecule has 1 aliphatic rings. The minimum atomic E-state index is -0.545. The molecule has 2 aromatic carbocycles. The van der Waals surface area contributed by atoms with Gasteiger partial charge in [0.2, 0.25) is 0 Å². The lowest BCUT2D eigenvalue weighted by Gasteiger charge is -2.41. The predicted molar refractivity (Wildman–Crippen MR) is 110 cm³/mol. The van der Waals surface area contributed by atoms with Gasteiger partial charge >= 0.3 is 0 Å². The number of ether oxygens (including phenoxy) is 1. The molecular weight excluding hydrogens is 374 g/mol. The van der Waals surface area contributed by atoms with Crippen LogP contribution in [0.1, 0.15) is 28.7 Å². The molecule has 4 nitrogen and oxygen atoms in total. The fourth-order valence-electron chi connectivity index (χ4n) is 4.16. The van der Waals surface area contributed by atoms with Crippen molar-refractivity contribution in [3.63, 3.8) is 0 Å². The lowest BCUT2D eigenvalue weighted by molar-refractivity contribution is 0.0498. The summed E-state index contributed by atoms with van der Waals surface area (Å²) in [6.45, 7) is 8.02. The van der Waals surface area contributed by atoms with Crippen LogP contribution in [0.2, 0.25) is 0 Å². The highest BCUT2D eigenvalue weighted by Crippen LogP contribution is 2.26. The van der Waals surface area contributed by atoms with Gasteiger partial charge in [-0.1, -0.05) is 6.07 Å². The normalized spacial score (nSPS) is 18.2. The number of hydrogen-bond acceptors (Lipinski definition) is 4. The van der Waals surface area contributed by atoms with Crippen molar-refractivity contribution in [1.29, 1.82) is 0 Å². The van der Waals surface area contributed by atoms with Crippen molar-refractivity contribution in [2.75, 3.05) is 33.4 Å². The fraction of sp³-hybridized carbons (Fsp3) is 0.478. The summed E-state index contributed by atoms with van der Waals surface area (Å²) in [4.78, 5) is 4.60. The molecule has 0 aliphatic carbocycles. The summed E-state index contributed by atoms with van der Waals surface area (Å²) < 4.78 is 32.4. The first-order valence-corrected chi connectivity index (χ1v) is 10.1. The number of hydrogen-bond donors (Lipinski definition) is 1. The number of benzene rings is 2. The van der Waals surface area contributed by atoms with E-state index >= 15 is 0 Å². The second-order valence-electron chi connectivity index (χ2n) is 7.83. The molecule has 1 aliphatic heterocycles. The highest BCUT2D eigenvalue weighted by Gasteiger charge is 2.27. The standard InChI is InChI=1S/C23H30F2N2O2/c1-16-17(2)23(29-3)5-4-19(16)14-27-8-7-26(15-22(27)6-9-28)13-18-10-20(24)12-21(25)11-18/h4-5,10-12,22,28H,6-9,13-15H2,1-3H3/t22-/m0/s1. The van der Waals surface area contributed by atoms with Gasteiger partial charge in [-0.05, 0) is 60.7 Å². The Bertz CT molecular complexity index is 824. The molecule has 6 heteroatoms. The van der Waals surface area contributed by atoms with E-state index in [9.17, 15) is 13.9 Å². The zero-order chi connectivity index (χ0) is 21.0. The first-order chi connectivity index (χ1) is 13.9. The first kappa shape index (κ1) is 21.7. The van der Waals surface area contributed by atoms with E-state index in [2.05, 4.69) is 29.7 Å². The van der Waals surface area contributed by atoms with Crippen LogP contribution >= 0.6 is 0 Å². The van der Waals surface area contributed by atoms with Gasteiger partial charge in [0.05, 0.1) is 7.11 Å². The molecule has 0 aromatic heterocycles. The topological polar surface area (TPSA) is 35.9 Å². The summed E-state index contributed by atoms with van der Waals surface area (Å²) in [5.41, 5.74) is 4.27. The monoisotopic (exact) mass is 404 g/mol. The van der Waals surface area contributed by atoms with Crippen LogP contribution in [0.4, 0.5) is 8.78 Å². The van der Waals surface area contributed by atoms with E-state index in [0.717, 1.165) is 43.6 Å². The molecule has 0 radical (unpaired) electrons. The SMILES string of the molecule is COc1ccc(CN2CCN(Cc3cc(F)cc(F)c3)C[C@@H]2CCO)c(C)c1C. The van der Waals surface area contributed by atoms with Crippen LogP contribution in [0.3, 0.4) is 0 Å². The van der Waals surface area contributed by atoms with Crippen molar-refractivity contribution in [1.82, 2.24) is 9.80 Å². The van der Waals surface area contributed by atoms with Gasteiger partial charge < -0.3 is 9.84 Å². The van der Waals surface area contributed by atoms with E-state index in [-0.39, 0.29) is 12.6 Å². The van der Waals surface area contributed by atoms with Gasteiger partial charge in [0.1, 0.15) is 17.4 Å². The molecule has 0 spiro atoms. The molecule has 0 amide bonds. The van der Waals surface area contributed by atoms with Crippen molar-refractivity contribution in [3.05, 3.63) is 64.2 Å². The minimum Gasteiger partial charge on any atom is -0.496 e. The maximum absolute atomic E-state index is 13.5. The van der Waals surface area contributed by atoms with Gasteiger partial charge in [0.15, 0.2) is 0 Å². The van der Waals surface area contributed by atoms with Crippen molar-refractivity contribution in [2.45, 2.75) is 39.4 Å². The summed E-state index contributed by atoms with van der Waals surface area (Å²) in [6, 6.07) is 7.98. The van der Waals surface area contributed by atoms with Crippen molar-refractivity contribution >= 4 is 0 Å². The maximum Gasteiger partial charge on any atom is 0.126 e. The molecule has 1 N–H and O–H groups in total. The Hall–Kier alpha value is -2.02. The highest BCUT2D eigenvalue weighted by molar-refractivity contribution is 5.43. The Morgan fingerprint density at radius 1 is 1.03 bits per heavy atom. The first-order valence-electron chi connectivity index (χ1n) is 10.1. The predicted octanol–water partition coefficient (Wildman–Crippen LogP) is 3.66. The molecule has 0 bridgehead atoms. The lowest BCUT2D eigenvalue weighted by atomic mass is 10.00. The number of aliphatic hydroxyl groups is 1. The van der Waals surface area contributed by atoms with Crippen LogP contribution in [-0.2, 0) is 13.1 Å². The number of halogens is 2. The van der Waals surface area contributed by atoms with E-state index in [0.29, 0.717) is 18.5 Å². The quantitative estimate of drug-likeness (QED) is 0.764. The third kappa shape index (κ3) is 5.32. The summed E-state index contributed by atoms with van der Waals surface area (Å²) >= 11 is 0. The number of aliphatic hydroxyl groups excluding tert-OH is 1.